The molecule has 0 aliphatic rings. The van der Waals surface area contributed by atoms with E-state index in [0.29, 0.717) is 6.54 Å². The number of hydrogen-bond donors (Lipinski definition) is 2. The van der Waals surface area contributed by atoms with E-state index in [-0.39, 0.29) is 11.4 Å². The Labute approximate surface area is 127 Å². The van der Waals surface area contributed by atoms with Gasteiger partial charge in [0.25, 0.3) is 5.91 Å². The highest BCUT2D eigenvalue weighted by Gasteiger charge is 2.19. The molecule has 8 heteroatoms. The van der Waals surface area contributed by atoms with Crippen LogP contribution in [0.4, 0.5) is 10.2 Å². The minimum absolute atomic E-state index is 0.0638. The fourth-order valence-corrected chi connectivity index (χ4v) is 3.16. The first kappa shape index (κ1) is 14.9. The molecule has 2 rings (SSSR count). The molecule has 0 aromatic carbocycles. The van der Waals surface area contributed by atoms with Crippen molar-refractivity contribution in [2.24, 2.45) is 5.84 Å². The fourth-order valence-electron chi connectivity index (χ4n) is 1.66. The van der Waals surface area contributed by atoms with E-state index in [1.165, 1.54) is 28.5 Å². The Morgan fingerprint density at radius 2 is 2.40 bits per heavy atom. The van der Waals surface area contributed by atoms with Gasteiger partial charge in [-0.05, 0) is 28.1 Å². The van der Waals surface area contributed by atoms with Crippen molar-refractivity contribution in [2.75, 3.05) is 12.5 Å². The van der Waals surface area contributed by atoms with E-state index in [0.717, 1.165) is 9.35 Å². The number of hydrogen-bond acceptors (Lipinski definition) is 5. The first-order valence-electron chi connectivity index (χ1n) is 5.62. The molecule has 0 atom stereocenters. The van der Waals surface area contributed by atoms with Gasteiger partial charge in [0.15, 0.2) is 11.6 Å². The zero-order chi connectivity index (χ0) is 14.7. The fraction of sp³-hybridized carbons (Fsp3) is 0.167. The number of nitrogens with one attached hydrogen (secondary N) is 1. The van der Waals surface area contributed by atoms with Gasteiger partial charge in [0, 0.05) is 28.0 Å². The molecule has 0 aliphatic heterocycles. The van der Waals surface area contributed by atoms with Crippen molar-refractivity contribution in [1.29, 1.82) is 0 Å². The van der Waals surface area contributed by atoms with Gasteiger partial charge in [-0.3, -0.25) is 4.79 Å². The summed E-state index contributed by atoms with van der Waals surface area (Å²) < 4.78 is 14.9. The quantitative estimate of drug-likeness (QED) is 0.650. The van der Waals surface area contributed by atoms with Crippen LogP contribution in [-0.2, 0) is 6.54 Å². The van der Waals surface area contributed by atoms with Crippen LogP contribution in [0.3, 0.4) is 0 Å². The Morgan fingerprint density at radius 1 is 1.65 bits per heavy atom. The van der Waals surface area contributed by atoms with Gasteiger partial charge in [-0.2, -0.15) is 0 Å². The number of pyridine rings is 1. The lowest BCUT2D eigenvalue weighted by Gasteiger charge is -2.17. The SMILES string of the molecule is CN(Cc1cc(Br)cs1)C(=O)c1ccnc(NN)c1F. The molecule has 3 N–H and O–H groups in total. The van der Waals surface area contributed by atoms with E-state index in [2.05, 4.69) is 26.3 Å². The molecular weight excluding hydrogens is 347 g/mol. The summed E-state index contributed by atoms with van der Waals surface area (Å²) in [5, 5.41) is 1.93. The number of nitrogens with two attached hydrogens (primary N) is 1. The molecule has 0 saturated heterocycles. The van der Waals surface area contributed by atoms with Gasteiger partial charge in [-0.25, -0.2) is 15.2 Å². The molecule has 0 saturated carbocycles. The molecule has 2 heterocycles. The van der Waals surface area contributed by atoms with E-state index in [1.807, 2.05) is 11.4 Å². The predicted octanol–water partition coefficient (Wildman–Crippen LogP) is 2.60. The van der Waals surface area contributed by atoms with Crippen LogP contribution in [0, 0.1) is 5.82 Å². The number of halogens is 2. The van der Waals surface area contributed by atoms with Gasteiger partial charge in [0.2, 0.25) is 0 Å². The summed E-state index contributed by atoms with van der Waals surface area (Å²) in [7, 11) is 1.62. The third-order valence-electron chi connectivity index (χ3n) is 2.62. The zero-order valence-electron chi connectivity index (χ0n) is 10.6. The number of rotatable bonds is 4. The molecule has 2 aromatic heterocycles. The third-order valence-corrected chi connectivity index (χ3v) is 4.30. The van der Waals surface area contributed by atoms with Crippen molar-refractivity contribution >= 4 is 39.0 Å². The Kier molecular flexibility index (Phi) is 4.69. The molecule has 1 amide bonds. The smallest absolute Gasteiger partial charge is 0.257 e. The number of hydrazine groups is 1. The number of carbonyl (C=O) groups excluding carboxylic acids is 1. The molecule has 106 valence electrons. The van der Waals surface area contributed by atoms with Crippen LogP contribution in [0.5, 0.6) is 0 Å². The average molecular weight is 359 g/mol. The number of thiophene rings is 1. The maximum atomic E-state index is 14.0. The minimum Gasteiger partial charge on any atom is -0.336 e. The van der Waals surface area contributed by atoms with Crippen molar-refractivity contribution in [1.82, 2.24) is 9.88 Å². The number of nitrogens with zero attached hydrogens (tertiary/aromatic N) is 2. The Hall–Kier alpha value is -1.51. The molecule has 0 aliphatic carbocycles. The van der Waals surface area contributed by atoms with E-state index in [1.54, 1.807) is 7.05 Å². The van der Waals surface area contributed by atoms with Crippen molar-refractivity contribution in [2.45, 2.75) is 6.54 Å². The number of anilines is 1. The minimum atomic E-state index is -0.751. The van der Waals surface area contributed by atoms with Crippen molar-refractivity contribution in [3.63, 3.8) is 0 Å². The molecule has 0 spiro atoms. The summed E-state index contributed by atoms with van der Waals surface area (Å²) in [6.45, 7) is 0.405. The first-order valence-corrected chi connectivity index (χ1v) is 7.29. The largest absolute Gasteiger partial charge is 0.336 e. The highest BCUT2D eigenvalue weighted by Crippen LogP contribution is 2.22. The summed E-state index contributed by atoms with van der Waals surface area (Å²) in [4.78, 5) is 18.4. The standard InChI is InChI=1S/C12H12BrFN4OS/c1-18(5-8-4-7(13)6-20-8)12(19)9-2-3-16-11(17-15)10(9)14/h2-4,6H,5,15H2,1H3,(H,16,17). The van der Waals surface area contributed by atoms with Crippen LogP contribution in [0.25, 0.3) is 0 Å². The summed E-state index contributed by atoms with van der Waals surface area (Å²) >= 11 is 4.87. The second-order valence-electron chi connectivity index (χ2n) is 4.06. The van der Waals surface area contributed by atoms with Gasteiger partial charge < -0.3 is 10.3 Å². The Bertz CT molecular complexity index is 634. The molecular formula is C12H12BrFN4OS. The molecule has 5 nitrogen and oxygen atoms in total. The highest BCUT2D eigenvalue weighted by atomic mass is 79.9. The van der Waals surface area contributed by atoms with Gasteiger partial charge in [-0.1, -0.05) is 0 Å². The van der Waals surface area contributed by atoms with E-state index in [9.17, 15) is 9.18 Å². The molecule has 2 aromatic rings. The third kappa shape index (κ3) is 3.14. The predicted molar refractivity (Wildman–Crippen MR) is 79.8 cm³/mol. The Morgan fingerprint density at radius 3 is 3.00 bits per heavy atom. The highest BCUT2D eigenvalue weighted by molar-refractivity contribution is 9.10. The maximum absolute atomic E-state index is 14.0. The van der Waals surface area contributed by atoms with Crippen LogP contribution < -0.4 is 11.3 Å². The van der Waals surface area contributed by atoms with E-state index in [4.69, 9.17) is 5.84 Å². The zero-order valence-corrected chi connectivity index (χ0v) is 13.0. The lowest BCUT2D eigenvalue weighted by atomic mass is 10.2. The van der Waals surface area contributed by atoms with Crippen LogP contribution in [0.15, 0.2) is 28.2 Å². The number of carbonyl (C=O) groups is 1. The van der Waals surface area contributed by atoms with Crippen molar-refractivity contribution in [3.05, 3.63) is 44.4 Å². The second-order valence-corrected chi connectivity index (χ2v) is 5.97. The summed E-state index contributed by atoms with van der Waals surface area (Å²) in [5.74, 6) is 3.82. The van der Waals surface area contributed by atoms with Gasteiger partial charge in [0.05, 0.1) is 12.1 Å². The van der Waals surface area contributed by atoms with E-state index >= 15 is 0 Å². The first-order chi connectivity index (χ1) is 9.52. The van der Waals surface area contributed by atoms with Crippen molar-refractivity contribution in [3.8, 4) is 0 Å². The monoisotopic (exact) mass is 358 g/mol. The van der Waals surface area contributed by atoms with Gasteiger partial charge >= 0.3 is 0 Å². The number of amides is 1. The summed E-state index contributed by atoms with van der Waals surface area (Å²) in [6, 6.07) is 3.25. The number of nitrogen functional groups attached to an aromatic ring is 1. The van der Waals surface area contributed by atoms with Crippen LogP contribution in [-0.4, -0.2) is 22.8 Å². The normalized spacial score (nSPS) is 10.4. The topological polar surface area (TPSA) is 71.2 Å². The molecule has 0 radical (unpaired) electrons. The molecule has 0 bridgehead atoms. The van der Waals surface area contributed by atoms with Crippen LogP contribution in [0.2, 0.25) is 0 Å². The molecule has 0 fully saturated rings. The van der Waals surface area contributed by atoms with Gasteiger partial charge in [-0.15, -0.1) is 11.3 Å². The molecule has 0 unspecified atom stereocenters. The maximum Gasteiger partial charge on any atom is 0.257 e. The van der Waals surface area contributed by atoms with Gasteiger partial charge in [0.1, 0.15) is 0 Å². The van der Waals surface area contributed by atoms with E-state index < -0.39 is 11.7 Å². The lowest BCUT2D eigenvalue weighted by Crippen LogP contribution is -2.27. The van der Waals surface area contributed by atoms with Crippen molar-refractivity contribution < 1.29 is 9.18 Å². The van der Waals surface area contributed by atoms with Crippen LogP contribution in [0.1, 0.15) is 15.2 Å². The summed E-state index contributed by atoms with van der Waals surface area (Å²) in [6.07, 6.45) is 1.33. The number of aromatic nitrogens is 1. The molecule has 20 heavy (non-hydrogen) atoms. The van der Waals surface area contributed by atoms with Crippen LogP contribution >= 0.6 is 27.3 Å². The summed E-state index contributed by atoms with van der Waals surface area (Å²) in [5.41, 5.74) is 2.06. The second kappa shape index (κ2) is 6.29. The average Bonchev–Trinajstić information content (AvgIpc) is 2.83. The lowest BCUT2D eigenvalue weighted by molar-refractivity contribution is 0.0781. The Balaban J connectivity index is 2.18.